The van der Waals surface area contributed by atoms with Crippen molar-refractivity contribution in [3.8, 4) is 0 Å². The minimum Gasteiger partial charge on any atom is -0.462 e. The van der Waals surface area contributed by atoms with Gasteiger partial charge in [0, 0.05) is 23.3 Å². The molecule has 0 saturated heterocycles. The summed E-state index contributed by atoms with van der Waals surface area (Å²) in [5.41, 5.74) is 4.74. The van der Waals surface area contributed by atoms with E-state index in [1.54, 1.807) is 13.0 Å². The molecule has 1 aliphatic carbocycles. The lowest BCUT2D eigenvalue weighted by molar-refractivity contribution is -0.139. The summed E-state index contributed by atoms with van der Waals surface area (Å²) in [7, 11) is 0. The van der Waals surface area contributed by atoms with Crippen LogP contribution in [0.5, 0.6) is 0 Å². The molecular weight excluding hydrogens is 350 g/mol. The number of esters is 1. The molecule has 0 bridgehead atoms. The highest BCUT2D eigenvalue weighted by Crippen LogP contribution is 2.52. The number of carbonyl (C=O) groups is 2. The van der Waals surface area contributed by atoms with Crippen molar-refractivity contribution >= 4 is 29.2 Å². The first-order chi connectivity index (χ1) is 13.6. The molecule has 2 aliphatic rings. The van der Waals surface area contributed by atoms with Crippen LogP contribution in [0.25, 0.3) is 6.08 Å². The van der Waals surface area contributed by atoms with Gasteiger partial charge >= 0.3 is 5.97 Å². The van der Waals surface area contributed by atoms with Crippen molar-refractivity contribution in [1.29, 1.82) is 0 Å². The molecule has 4 heteroatoms. The van der Waals surface area contributed by atoms with Gasteiger partial charge in [-0.3, -0.25) is 4.79 Å². The van der Waals surface area contributed by atoms with Gasteiger partial charge in [-0.05, 0) is 68.2 Å². The number of anilines is 2. The number of hydrogen-bond acceptors (Lipinski definition) is 4. The van der Waals surface area contributed by atoms with Crippen molar-refractivity contribution in [2.45, 2.75) is 45.1 Å². The summed E-state index contributed by atoms with van der Waals surface area (Å²) >= 11 is 0. The van der Waals surface area contributed by atoms with Gasteiger partial charge in [-0.25, -0.2) is 4.79 Å². The van der Waals surface area contributed by atoms with Crippen LogP contribution in [-0.4, -0.2) is 24.4 Å². The molecule has 1 fully saturated rings. The molecule has 1 aliphatic heterocycles. The lowest BCUT2D eigenvalue weighted by Crippen LogP contribution is -2.26. The normalized spacial score (nSPS) is 20.6. The summed E-state index contributed by atoms with van der Waals surface area (Å²) in [5.74, 6) is -0.337. The van der Waals surface area contributed by atoms with Gasteiger partial charge in [0.25, 0.3) is 0 Å². The maximum atomic E-state index is 12.1. The molecule has 2 aromatic rings. The van der Waals surface area contributed by atoms with Gasteiger partial charge in [0.15, 0.2) is 5.78 Å². The number of benzene rings is 2. The third-order valence-corrected chi connectivity index (χ3v) is 5.74. The molecule has 0 radical (unpaired) electrons. The zero-order chi connectivity index (χ0) is 19.7. The predicted molar refractivity (Wildman–Crippen MR) is 111 cm³/mol. The van der Waals surface area contributed by atoms with E-state index in [4.69, 9.17) is 4.74 Å². The number of rotatable bonds is 5. The average Bonchev–Trinajstić information content (AvgIpc) is 3.27. The Morgan fingerprint density at radius 1 is 1.14 bits per heavy atom. The highest BCUT2D eigenvalue weighted by Gasteiger charge is 2.42. The van der Waals surface area contributed by atoms with Crippen LogP contribution in [-0.2, 0) is 14.3 Å². The molecule has 0 spiro atoms. The van der Waals surface area contributed by atoms with E-state index >= 15 is 0 Å². The summed E-state index contributed by atoms with van der Waals surface area (Å²) in [6.07, 6.45) is 5.24. The summed E-state index contributed by atoms with van der Waals surface area (Å²) < 4.78 is 5.04. The fraction of sp³-hybridized carbons (Fsp3) is 0.333. The largest absolute Gasteiger partial charge is 0.462 e. The maximum Gasteiger partial charge on any atom is 0.341 e. The quantitative estimate of drug-likeness (QED) is 0.319. The van der Waals surface area contributed by atoms with Crippen LogP contribution in [0.3, 0.4) is 0 Å². The Labute approximate surface area is 165 Å². The van der Waals surface area contributed by atoms with Crippen LogP contribution < -0.4 is 4.90 Å². The standard InChI is InChI=1S/C24H25NO3/c1-3-28-24(27)20(16(2)26)14-17-12-13-23-21(15-17)19-10-7-11-22(19)25(23)18-8-5-4-6-9-18/h4-6,8-9,12-15,19,22H,3,7,10-11H2,1-2H3. The third-order valence-electron chi connectivity index (χ3n) is 5.74. The van der Waals surface area contributed by atoms with Crippen molar-refractivity contribution in [2.24, 2.45) is 0 Å². The fourth-order valence-corrected chi connectivity index (χ4v) is 4.57. The summed E-state index contributed by atoms with van der Waals surface area (Å²) in [4.78, 5) is 26.5. The van der Waals surface area contributed by atoms with Crippen LogP contribution in [0.4, 0.5) is 11.4 Å². The zero-order valence-corrected chi connectivity index (χ0v) is 16.4. The van der Waals surface area contributed by atoms with Gasteiger partial charge in [0.2, 0.25) is 0 Å². The van der Waals surface area contributed by atoms with Gasteiger partial charge in [0.05, 0.1) is 6.61 Å². The molecule has 1 saturated carbocycles. The molecule has 0 amide bonds. The van der Waals surface area contributed by atoms with E-state index in [2.05, 4.69) is 41.3 Å². The van der Waals surface area contributed by atoms with Crippen molar-refractivity contribution in [3.05, 3.63) is 65.2 Å². The lowest BCUT2D eigenvalue weighted by atomic mass is 9.95. The topological polar surface area (TPSA) is 46.6 Å². The Hall–Kier alpha value is -2.88. The first kappa shape index (κ1) is 18.5. The van der Waals surface area contributed by atoms with Crippen molar-refractivity contribution in [1.82, 2.24) is 0 Å². The molecule has 2 atom stereocenters. The SMILES string of the molecule is CCOC(=O)C(=Cc1ccc2c(c1)C1CCCC1N2c1ccccc1)C(C)=O. The van der Waals surface area contributed by atoms with E-state index in [9.17, 15) is 9.59 Å². The monoisotopic (exact) mass is 375 g/mol. The molecule has 144 valence electrons. The summed E-state index contributed by atoms with van der Waals surface area (Å²) in [6.45, 7) is 3.40. The second-order valence-corrected chi connectivity index (χ2v) is 7.46. The molecule has 4 nitrogen and oxygen atoms in total. The van der Waals surface area contributed by atoms with Gasteiger partial charge < -0.3 is 9.64 Å². The Morgan fingerprint density at radius 3 is 2.64 bits per heavy atom. The van der Waals surface area contributed by atoms with Crippen LogP contribution in [0.2, 0.25) is 0 Å². The van der Waals surface area contributed by atoms with E-state index in [-0.39, 0.29) is 18.0 Å². The number of ether oxygens (including phenoxy) is 1. The summed E-state index contributed by atoms with van der Waals surface area (Å²) in [6, 6.07) is 17.2. The van der Waals surface area contributed by atoms with Crippen LogP contribution >= 0.6 is 0 Å². The van der Waals surface area contributed by atoms with Gasteiger partial charge in [-0.15, -0.1) is 0 Å². The highest BCUT2D eigenvalue weighted by atomic mass is 16.5. The molecular formula is C24H25NO3. The van der Waals surface area contributed by atoms with Crippen molar-refractivity contribution in [3.63, 3.8) is 0 Å². The highest BCUT2D eigenvalue weighted by molar-refractivity contribution is 6.19. The summed E-state index contributed by atoms with van der Waals surface area (Å²) in [5, 5.41) is 0. The van der Waals surface area contributed by atoms with E-state index < -0.39 is 5.97 Å². The molecule has 0 N–H and O–H groups in total. The molecule has 2 unspecified atom stereocenters. The second-order valence-electron chi connectivity index (χ2n) is 7.46. The second kappa shape index (κ2) is 7.63. The predicted octanol–water partition coefficient (Wildman–Crippen LogP) is 5.01. The number of nitrogens with zero attached hydrogens (tertiary/aromatic N) is 1. The molecule has 2 aromatic carbocycles. The fourth-order valence-electron chi connectivity index (χ4n) is 4.57. The van der Waals surface area contributed by atoms with E-state index in [0.717, 1.165) is 5.56 Å². The number of fused-ring (bicyclic) bond motifs is 3. The number of ketones is 1. The lowest BCUT2D eigenvalue weighted by Gasteiger charge is -2.27. The first-order valence-corrected chi connectivity index (χ1v) is 9.98. The molecule has 0 aromatic heterocycles. The number of hydrogen-bond donors (Lipinski definition) is 0. The van der Waals surface area contributed by atoms with Gasteiger partial charge in [0.1, 0.15) is 5.57 Å². The van der Waals surface area contributed by atoms with Crippen LogP contribution in [0.15, 0.2) is 54.1 Å². The Morgan fingerprint density at radius 2 is 1.93 bits per heavy atom. The number of para-hydroxylation sites is 1. The molecule has 1 heterocycles. The van der Waals surface area contributed by atoms with E-state index in [0.29, 0.717) is 12.0 Å². The van der Waals surface area contributed by atoms with Crippen LogP contribution in [0, 0.1) is 0 Å². The van der Waals surface area contributed by atoms with E-state index in [1.807, 2.05) is 12.1 Å². The Kier molecular flexibility index (Phi) is 5.03. The van der Waals surface area contributed by atoms with Gasteiger partial charge in [-0.1, -0.05) is 30.7 Å². The van der Waals surface area contributed by atoms with E-state index in [1.165, 1.54) is 43.1 Å². The Balaban J connectivity index is 1.74. The average molecular weight is 375 g/mol. The Bertz CT molecular complexity index is 932. The maximum absolute atomic E-state index is 12.1. The van der Waals surface area contributed by atoms with Crippen molar-refractivity contribution in [2.75, 3.05) is 11.5 Å². The number of carbonyl (C=O) groups excluding carboxylic acids is 2. The minimum absolute atomic E-state index is 0.0997. The number of Topliss-reactive ketones (excluding diaryl/α,β-unsaturated/α-hetero) is 1. The molecule has 4 rings (SSSR count). The smallest absolute Gasteiger partial charge is 0.341 e. The van der Waals surface area contributed by atoms with Gasteiger partial charge in [-0.2, -0.15) is 0 Å². The van der Waals surface area contributed by atoms with Crippen LogP contribution in [0.1, 0.15) is 50.2 Å². The third kappa shape index (κ3) is 3.24. The van der Waals surface area contributed by atoms with Crippen molar-refractivity contribution < 1.29 is 14.3 Å². The zero-order valence-electron chi connectivity index (χ0n) is 16.4. The first-order valence-electron chi connectivity index (χ1n) is 9.98. The minimum atomic E-state index is -0.555. The molecule has 28 heavy (non-hydrogen) atoms.